The number of carbonyl (C=O) groups excluding carboxylic acids is 2. The van der Waals surface area contributed by atoms with Crippen molar-refractivity contribution < 1.29 is 9.59 Å². The molecule has 0 saturated carbocycles. The van der Waals surface area contributed by atoms with Crippen LogP contribution in [0.2, 0.25) is 0 Å². The van der Waals surface area contributed by atoms with E-state index in [-0.39, 0.29) is 25.0 Å². The second kappa shape index (κ2) is 6.31. The van der Waals surface area contributed by atoms with Crippen molar-refractivity contribution in [3.8, 4) is 0 Å². The Morgan fingerprint density at radius 1 is 1.40 bits per heavy atom. The third-order valence-corrected chi connectivity index (χ3v) is 3.14. The first kappa shape index (κ1) is 14.2. The number of imide groups is 1. The minimum atomic E-state index is -0.254. The van der Waals surface area contributed by atoms with Gasteiger partial charge in [-0.05, 0) is 26.2 Å². The van der Waals surface area contributed by atoms with E-state index in [0.29, 0.717) is 18.2 Å². The summed E-state index contributed by atoms with van der Waals surface area (Å²) in [5.41, 5.74) is 0. The van der Waals surface area contributed by atoms with Crippen LogP contribution < -0.4 is 0 Å². The Kier molecular flexibility index (Phi) is 4.49. The van der Waals surface area contributed by atoms with Crippen LogP contribution in [0, 0.1) is 6.92 Å². The summed E-state index contributed by atoms with van der Waals surface area (Å²) in [5.74, 6) is 1.07. The summed E-state index contributed by atoms with van der Waals surface area (Å²) >= 11 is 0. The highest BCUT2D eigenvalue weighted by Gasteiger charge is 2.35. The summed E-state index contributed by atoms with van der Waals surface area (Å²) in [5, 5.41) is 6.70. The van der Waals surface area contributed by atoms with Crippen LogP contribution in [0.5, 0.6) is 0 Å². The van der Waals surface area contributed by atoms with Gasteiger partial charge in [0.15, 0.2) is 5.82 Å². The number of nitrogens with zero attached hydrogens (tertiary/aromatic N) is 4. The first-order valence-corrected chi connectivity index (χ1v) is 6.70. The number of nitrogens with one attached hydrogen (secondary N) is 1. The Balaban J connectivity index is 1.89. The lowest BCUT2D eigenvalue weighted by molar-refractivity contribution is -0.125. The van der Waals surface area contributed by atoms with Gasteiger partial charge >= 0.3 is 6.03 Å². The molecule has 0 unspecified atom stereocenters. The molecular weight excluding hydrogens is 258 g/mol. The average Bonchev–Trinajstić information content (AvgIpc) is 2.93. The summed E-state index contributed by atoms with van der Waals surface area (Å²) in [6.45, 7) is 6.27. The molecule has 3 amide bonds. The van der Waals surface area contributed by atoms with Crippen molar-refractivity contribution in [3.63, 3.8) is 0 Å². The van der Waals surface area contributed by atoms with Crippen molar-refractivity contribution in [1.29, 1.82) is 0 Å². The number of hydrogen-bond donors (Lipinski definition) is 1. The first-order valence-electron chi connectivity index (χ1n) is 6.70. The normalized spacial score (nSPS) is 15.2. The molecule has 20 heavy (non-hydrogen) atoms. The Morgan fingerprint density at radius 3 is 2.85 bits per heavy atom. The van der Waals surface area contributed by atoms with Crippen molar-refractivity contribution >= 4 is 11.9 Å². The third kappa shape index (κ3) is 3.23. The van der Waals surface area contributed by atoms with Gasteiger partial charge in [0.1, 0.15) is 12.4 Å². The number of carbonyl (C=O) groups is 2. The number of allylic oxidation sites excluding steroid dienone is 1. The number of rotatable bonds is 7. The van der Waals surface area contributed by atoms with Crippen LogP contribution in [0.25, 0.3) is 0 Å². The largest absolute Gasteiger partial charge is 0.327 e. The van der Waals surface area contributed by atoms with E-state index in [1.54, 1.807) is 6.92 Å². The van der Waals surface area contributed by atoms with Gasteiger partial charge in [0.25, 0.3) is 0 Å². The van der Waals surface area contributed by atoms with Crippen LogP contribution in [0.15, 0.2) is 12.7 Å². The lowest BCUT2D eigenvalue weighted by Gasteiger charge is -2.15. The maximum atomic E-state index is 12.1. The van der Waals surface area contributed by atoms with E-state index in [1.165, 1.54) is 9.80 Å². The predicted octanol–water partition coefficient (Wildman–Crippen LogP) is 1.23. The van der Waals surface area contributed by atoms with Crippen LogP contribution in [0.4, 0.5) is 4.79 Å². The van der Waals surface area contributed by atoms with Gasteiger partial charge in [-0.25, -0.2) is 9.78 Å². The lowest BCUT2D eigenvalue weighted by atomic mass is 10.2. The molecule has 1 aliphatic heterocycles. The molecule has 0 atom stereocenters. The van der Waals surface area contributed by atoms with Crippen LogP contribution in [0.3, 0.4) is 0 Å². The SMILES string of the molecule is C=CCCCCN1C(=O)CN(Cc2n[nH]c(C)n2)C1=O. The molecule has 1 fully saturated rings. The summed E-state index contributed by atoms with van der Waals surface area (Å²) in [6.07, 6.45) is 4.47. The topological polar surface area (TPSA) is 82.2 Å². The zero-order chi connectivity index (χ0) is 14.5. The maximum absolute atomic E-state index is 12.1. The van der Waals surface area contributed by atoms with E-state index in [2.05, 4.69) is 21.8 Å². The molecule has 0 radical (unpaired) electrons. The molecule has 7 heteroatoms. The molecule has 7 nitrogen and oxygen atoms in total. The zero-order valence-corrected chi connectivity index (χ0v) is 11.6. The van der Waals surface area contributed by atoms with Gasteiger partial charge in [-0.15, -0.1) is 6.58 Å². The molecule has 1 aromatic heterocycles. The molecule has 0 aliphatic carbocycles. The van der Waals surface area contributed by atoms with E-state index in [4.69, 9.17) is 0 Å². The average molecular weight is 277 g/mol. The molecule has 1 saturated heterocycles. The van der Waals surface area contributed by atoms with E-state index < -0.39 is 0 Å². The van der Waals surface area contributed by atoms with Crippen LogP contribution in [-0.4, -0.2) is 50.0 Å². The van der Waals surface area contributed by atoms with E-state index in [0.717, 1.165) is 19.3 Å². The summed E-state index contributed by atoms with van der Waals surface area (Å²) in [4.78, 5) is 30.9. The number of H-pyrrole nitrogens is 1. The number of amides is 3. The van der Waals surface area contributed by atoms with Crippen molar-refractivity contribution in [1.82, 2.24) is 25.0 Å². The summed E-state index contributed by atoms with van der Waals surface area (Å²) < 4.78 is 0. The molecular formula is C13H19N5O2. The standard InChI is InChI=1S/C13H19N5O2/c1-3-4-5-6-7-18-12(19)9-17(13(18)20)8-11-14-10(2)15-16-11/h3H,1,4-9H2,2H3,(H,14,15,16). The minimum Gasteiger partial charge on any atom is -0.307 e. The lowest BCUT2D eigenvalue weighted by Crippen LogP contribution is -2.33. The van der Waals surface area contributed by atoms with E-state index in [1.807, 2.05) is 6.08 Å². The molecule has 0 bridgehead atoms. The Morgan fingerprint density at radius 2 is 2.20 bits per heavy atom. The number of aromatic amines is 1. The fourth-order valence-corrected chi connectivity index (χ4v) is 2.13. The highest BCUT2D eigenvalue weighted by Crippen LogP contribution is 2.14. The smallest absolute Gasteiger partial charge is 0.307 e. The molecule has 108 valence electrons. The number of aromatic nitrogens is 3. The zero-order valence-electron chi connectivity index (χ0n) is 11.6. The van der Waals surface area contributed by atoms with Crippen molar-refractivity contribution in [2.24, 2.45) is 0 Å². The van der Waals surface area contributed by atoms with Gasteiger partial charge < -0.3 is 4.90 Å². The number of hydrogen-bond acceptors (Lipinski definition) is 4. The van der Waals surface area contributed by atoms with Crippen molar-refractivity contribution in [2.45, 2.75) is 32.7 Å². The monoisotopic (exact) mass is 277 g/mol. The van der Waals surface area contributed by atoms with Crippen LogP contribution in [-0.2, 0) is 11.3 Å². The van der Waals surface area contributed by atoms with Crippen molar-refractivity contribution in [2.75, 3.05) is 13.1 Å². The fraction of sp³-hybridized carbons (Fsp3) is 0.538. The second-order valence-corrected chi connectivity index (χ2v) is 4.81. The fourth-order valence-electron chi connectivity index (χ4n) is 2.13. The van der Waals surface area contributed by atoms with Gasteiger partial charge in [-0.3, -0.25) is 14.8 Å². The molecule has 2 rings (SSSR count). The molecule has 0 aromatic carbocycles. The second-order valence-electron chi connectivity index (χ2n) is 4.81. The highest BCUT2D eigenvalue weighted by atomic mass is 16.2. The maximum Gasteiger partial charge on any atom is 0.327 e. The number of urea groups is 1. The number of aryl methyl sites for hydroxylation is 1. The first-order chi connectivity index (χ1) is 9.61. The van der Waals surface area contributed by atoms with Gasteiger partial charge in [-0.2, -0.15) is 5.10 Å². The van der Waals surface area contributed by atoms with Gasteiger partial charge in [0, 0.05) is 6.54 Å². The highest BCUT2D eigenvalue weighted by molar-refractivity contribution is 6.01. The Labute approximate surface area is 117 Å². The molecule has 0 spiro atoms. The van der Waals surface area contributed by atoms with Gasteiger partial charge in [-0.1, -0.05) is 6.08 Å². The third-order valence-electron chi connectivity index (χ3n) is 3.14. The Bertz CT molecular complexity index is 511. The molecule has 2 heterocycles. The predicted molar refractivity (Wildman–Crippen MR) is 72.7 cm³/mol. The summed E-state index contributed by atoms with van der Waals surface area (Å²) in [7, 11) is 0. The van der Waals surface area contributed by atoms with Crippen LogP contribution >= 0.6 is 0 Å². The quantitative estimate of drug-likeness (QED) is 0.462. The molecule has 1 N–H and O–H groups in total. The van der Waals surface area contributed by atoms with Crippen molar-refractivity contribution in [3.05, 3.63) is 24.3 Å². The molecule has 1 aliphatic rings. The van der Waals surface area contributed by atoms with Gasteiger partial charge in [0.2, 0.25) is 5.91 Å². The Hall–Kier alpha value is -2.18. The summed E-state index contributed by atoms with van der Waals surface area (Å²) in [6, 6.07) is -0.254. The minimum absolute atomic E-state index is 0.105. The van der Waals surface area contributed by atoms with E-state index in [9.17, 15) is 9.59 Å². The number of unbranched alkanes of at least 4 members (excludes halogenated alkanes) is 2. The van der Waals surface area contributed by atoms with E-state index >= 15 is 0 Å². The molecule has 1 aromatic rings. The van der Waals surface area contributed by atoms with Gasteiger partial charge in [0.05, 0.1) is 6.54 Å². The van der Waals surface area contributed by atoms with Crippen LogP contribution in [0.1, 0.15) is 30.9 Å².